The number of carboxylic acids is 1. The van der Waals surface area contributed by atoms with Crippen molar-refractivity contribution in [1.82, 2.24) is 0 Å². The van der Waals surface area contributed by atoms with Crippen LogP contribution in [0.5, 0.6) is 0 Å². The molecule has 1 aliphatic carbocycles. The summed E-state index contributed by atoms with van der Waals surface area (Å²) in [6.07, 6.45) is 2.87. The third-order valence-electron chi connectivity index (χ3n) is 3.51. The number of nitro groups is 1. The Morgan fingerprint density at radius 1 is 1.47 bits per heavy atom. The third-order valence-corrected chi connectivity index (χ3v) is 3.51. The van der Waals surface area contributed by atoms with E-state index >= 15 is 0 Å². The van der Waals surface area contributed by atoms with Crippen LogP contribution in [0.1, 0.15) is 36.5 Å². The van der Waals surface area contributed by atoms with E-state index in [0.717, 1.165) is 19.3 Å². The van der Waals surface area contributed by atoms with Gasteiger partial charge in [0, 0.05) is 12.1 Å². The molecule has 0 bridgehead atoms. The van der Waals surface area contributed by atoms with Crippen LogP contribution in [-0.2, 0) is 0 Å². The van der Waals surface area contributed by atoms with Crippen molar-refractivity contribution in [3.63, 3.8) is 0 Å². The molecule has 2 N–H and O–H groups in total. The fourth-order valence-corrected chi connectivity index (χ4v) is 2.56. The summed E-state index contributed by atoms with van der Waals surface area (Å²) in [7, 11) is 0. The van der Waals surface area contributed by atoms with Gasteiger partial charge in [-0.3, -0.25) is 10.1 Å². The minimum Gasteiger partial charge on any atom is -0.478 e. The van der Waals surface area contributed by atoms with Gasteiger partial charge in [-0.1, -0.05) is 13.0 Å². The summed E-state index contributed by atoms with van der Waals surface area (Å²) in [5.41, 5.74) is -0.104. The van der Waals surface area contributed by atoms with Crippen LogP contribution in [-0.4, -0.2) is 22.0 Å². The molecule has 6 heteroatoms. The van der Waals surface area contributed by atoms with Crippen molar-refractivity contribution in [2.45, 2.75) is 32.2 Å². The maximum Gasteiger partial charge on any atom is 0.338 e. The average molecular weight is 264 g/mol. The summed E-state index contributed by atoms with van der Waals surface area (Å²) < 4.78 is 0. The van der Waals surface area contributed by atoms with E-state index in [1.54, 1.807) is 0 Å². The zero-order chi connectivity index (χ0) is 14.0. The molecule has 0 amide bonds. The molecule has 19 heavy (non-hydrogen) atoms. The van der Waals surface area contributed by atoms with Crippen LogP contribution >= 0.6 is 0 Å². The van der Waals surface area contributed by atoms with E-state index in [1.165, 1.54) is 18.2 Å². The molecule has 2 atom stereocenters. The molecule has 1 saturated carbocycles. The van der Waals surface area contributed by atoms with Crippen molar-refractivity contribution < 1.29 is 14.8 Å². The average Bonchev–Trinajstić information content (AvgIpc) is 2.74. The third kappa shape index (κ3) is 2.83. The first-order valence-electron chi connectivity index (χ1n) is 6.26. The molecule has 1 fully saturated rings. The van der Waals surface area contributed by atoms with E-state index in [4.69, 9.17) is 5.11 Å². The normalized spacial score (nSPS) is 22.2. The number of nitrogens with one attached hydrogen (secondary N) is 1. The number of anilines is 1. The number of aromatic carboxylic acids is 1. The molecule has 2 rings (SSSR count). The van der Waals surface area contributed by atoms with Crippen LogP contribution in [0.2, 0.25) is 0 Å². The Balaban J connectivity index is 2.35. The van der Waals surface area contributed by atoms with Gasteiger partial charge in [-0.2, -0.15) is 0 Å². The first-order chi connectivity index (χ1) is 8.99. The molecular formula is C13H16N2O4. The summed E-state index contributed by atoms with van der Waals surface area (Å²) in [5, 5.41) is 23.2. The van der Waals surface area contributed by atoms with Crippen molar-refractivity contribution >= 4 is 17.3 Å². The Morgan fingerprint density at radius 2 is 2.21 bits per heavy atom. The molecule has 0 aliphatic heterocycles. The standard InChI is InChI=1S/C13H16N2O4/c1-8-5-6-9(7-8)14-12-10(13(16)17)3-2-4-11(12)15(18)19/h2-4,8-9,14H,5-7H2,1H3,(H,16,17). The predicted molar refractivity (Wildman–Crippen MR) is 70.5 cm³/mol. The quantitative estimate of drug-likeness (QED) is 0.644. The lowest BCUT2D eigenvalue weighted by Gasteiger charge is -2.15. The van der Waals surface area contributed by atoms with E-state index in [9.17, 15) is 14.9 Å². The minimum absolute atomic E-state index is 0.0475. The summed E-state index contributed by atoms with van der Waals surface area (Å²) in [6, 6.07) is 4.21. The Morgan fingerprint density at radius 3 is 2.74 bits per heavy atom. The minimum atomic E-state index is -1.16. The van der Waals surface area contributed by atoms with Gasteiger partial charge in [0.2, 0.25) is 0 Å². The van der Waals surface area contributed by atoms with Crippen molar-refractivity contribution in [3.05, 3.63) is 33.9 Å². The van der Waals surface area contributed by atoms with Gasteiger partial charge in [-0.15, -0.1) is 0 Å². The number of hydrogen-bond acceptors (Lipinski definition) is 4. The maximum absolute atomic E-state index is 11.2. The Bertz CT molecular complexity index is 483. The number of rotatable bonds is 4. The molecular weight excluding hydrogens is 248 g/mol. The molecule has 2 unspecified atom stereocenters. The smallest absolute Gasteiger partial charge is 0.338 e. The molecule has 0 saturated heterocycles. The van der Waals surface area contributed by atoms with Crippen molar-refractivity contribution in [1.29, 1.82) is 0 Å². The lowest BCUT2D eigenvalue weighted by molar-refractivity contribution is -0.384. The number of nitrogens with zero attached hydrogens (tertiary/aromatic N) is 1. The van der Waals surface area contributed by atoms with Gasteiger partial charge in [-0.25, -0.2) is 4.79 Å². The fourth-order valence-electron chi connectivity index (χ4n) is 2.56. The van der Waals surface area contributed by atoms with E-state index in [0.29, 0.717) is 5.92 Å². The highest BCUT2D eigenvalue weighted by molar-refractivity contribution is 5.96. The van der Waals surface area contributed by atoms with E-state index in [2.05, 4.69) is 12.2 Å². The highest BCUT2D eigenvalue weighted by Crippen LogP contribution is 2.33. The molecule has 0 radical (unpaired) electrons. The zero-order valence-electron chi connectivity index (χ0n) is 10.6. The number of carboxylic acid groups (broad SMARTS) is 1. The van der Waals surface area contributed by atoms with Gasteiger partial charge >= 0.3 is 5.97 Å². The topological polar surface area (TPSA) is 92.5 Å². The zero-order valence-corrected chi connectivity index (χ0v) is 10.6. The SMILES string of the molecule is CC1CCC(Nc2c(C(=O)O)cccc2[N+](=O)[O-])C1. The predicted octanol–water partition coefficient (Wildman–Crippen LogP) is 2.89. The number of hydrogen-bond donors (Lipinski definition) is 2. The van der Waals surface area contributed by atoms with Gasteiger partial charge in [0.15, 0.2) is 0 Å². The van der Waals surface area contributed by atoms with Crippen LogP contribution in [0.3, 0.4) is 0 Å². The molecule has 1 aromatic rings. The van der Waals surface area contributed by atoms with Gasteiger partial charge in [0.25, 0.3) is 5.69 Å². The van der Waals surface area contributed by atoms with Gasteiger partial charge in [0.1, 0.15) is 5.69 Å². The van der Waals surface area contributed by atoms with Gasteiger partial charge in [-0.05, 0) is 31.2 Å². The Kier molecular flexibility index (Phi) is 3.69. The second-order valence-corrected chi connectivity index (χ2v) is 5.02. The summed E-state index contributed by atoms with van der Waals surface area (Å²) in [5.74, 6) is -0.592. The fraction of sp³-hybridized carbons (Fsp3) is 0.462. The second-order valence-electron chi connectivity index (χ2n) is 5.02. The molecule has 0 spiro atoms. The van der Waals surface area contributed by atoms with E-state index < -0.39 is 10.9 Å². The van der Waals surface area contributed by atoms with Crippen molar-refractivity contribution in [2.24, 2.45) is 5.92 Å². The summed E-state index contributed by atoms with van der Waals surface area (Å²) >= 11 is 0. The van der Waals surface area contributed by atoms with E-state index in [1.807, 2.05) is 0 Å². The van der Waals surface area contributed by atoms with Gasteiger partial charge in [0.05, 0.1) is 10.5 Å². The van der Waals surface area contributed by atoms with Gasteiger partial charge < -0.3 is 10.4 Å². The maximum atomic E-state index is 11.2. The first kappa shape index (κ1) is 13.3. The van der Waals surface area contributed by atoms with Crippen LogP contribution in [0.25, 0.3) is 0 Å². The summed E-state index contributed by atoms with van der Waals surface area (Å²) in [4.78, 5) is 21.6. The first-order valence-corrected chi connectivity index (χ1v) is 6.26. The highest BCUT2D eigenvalue weighted by atomic mass is 16.6. The van der Waals surface area contributed by atoms with Crippen LogP contribution in [0.4, 0.5) is 11.4 Å². The second kappa shape index (κ2) is 5.26. The monoisotopic (exact) mass is 264 g/mol. The van der Waals surface area contributed by atoms with E-state index in [-0.39, 0.29) is 23.0 Å². The van der Waals surface area contributed by atoms with Crippen LogP contribution < -0.4 is 5.32 Å². The lowest BCUT2D eigenvalue weighted by atomic mass is 10.1. The summed E-state index contributed by atoms with van der Waals surface area (Å²) in [6.45, 7) is 2.12. The molecule has 102 valence electrons. The molecule has 0 heterocycles. The largest absolute Gasteiger partial charge is 0.478 e. The van der Waals surface area contributed by atoms with Crippen molar-refractivity contribution in [3.8, 4) is 0 Å². The lowest BCUT2D eigenvalue weighted by Crippen LogP contribution is -2.18. The van der Waals surface area contributed by atoms with Crippen LogP contribution in [0.15, 0.2) is 18.2 Å². The Labute approximate surface area is 110 Å². The number of nitro benzene ring substituents is 1. The highest BCUT2D eigenvalue weighted by Gasteiger charge is 2.27. The molecule has 6 nitrogen and oxygen atoms in total. The molecule has 1 aliphatic rings. The number of para-hydroxylation sites is 1. The van der Waals surface area contributed by atoms with Crippen molar-refractivity contribution in [2.75, 3.05) is 5.32 Å². The number of benzene rings is 1. The number of carbonyl (C=O) groups is 1. The molecule has 1 aromatic carbocycles. The van der Waals surface area contributed by atoms with Crippen LogP contribution in [0, 0.1) is 16.0 Å². The Hall–Kier alpha value is -2.11. The molecule has 0 aromatic heterocycles.